The van der Waals surface area contributed by atoms with Crippen LogP contribution in [0.25, 0.3) is 0 Å². The van der Waals surface area contributed by atoms with Crippen LogP contribution in [0.5, 0.6) is 0 Å². The summed E-state index contributed by atoms with van der Waals surface area (Å²) < 4.78 is 0. The molecule has 1 aromatic carbocycles. The molecule has 61 valence electrons. The van der Waals surface area contributed by atoms with Gasteiger partial charge in [0.1, 0.15) is 7.28 Å². The molecule has 0 amide bonds. The van der Waals surface area contributed by atoms with Gasteiger partial charge in [-0.2, -0.15) is 0 Å². The highest BCUT2D eigenvalue weighted by molar-refractivity contribution is 6.51. The molecule has 0 unspecified atom stereocenters. The maximum absolute atomic E-state index is 11.2. The van der Waals surface area contributed by atoms with Gasteiger partial charge in [-0.05, 0) is 0 Å². The molecule has 0 atom stereocenters. The average Bonchev–Trinajstić information content (AvgIpc) is 2.17. The Hall–Kier alpha value is -1.05. The number of hydrogen-bond acceptors (Lipinski definition) is 1. The summed E-state index contributed by atoms with van der Waals surface area (Å²) in [6.45, 7) is 3.86. The molecule has 0 saturated heterocycles. The second-order valence-electron chi connectivity index (χ2n) is 2.69. The summed E-state index contributed by atoms with van der Waals surface area (Å²) in [4.78, 5) is 11.2. The normalized spacial score (nSPS) is 9.50. The van der Waals surface area contributed by atoms with Gasteiger partial charge in [-0.3, -0.25) is 4.79 Å². The maximum Gasteiger partial charge on any atom is 0.162 e. The fourth-order valence-corrected chi connectivity index (χ4v) is 1.07. The Balaban J connectivity index is 2.84. The van der Waals surface area contributed by atoms with E-state index in [-0.39, 0.29) is 5.78 Å². The minimum absolute atomic E-state index is 0.206. The van der Waals surface area contributed by atoms with Crippen LogP contribution >= 0.6 is 0 Å². The number of benzene rings is 1. The second kappa shape index (κ2) is 4.10. The molecule has 12 heavy (non-hydrogen) atoms. The van der Waals surface area contributed by atoms with Crippen LogP contribution in [0.1, 0.15) is 23.7 Å². The van der Waals surface area contributed by atoms with E-state index < -0.39 is 0 Å². The van der Waals surface area contributed by atoms with E-state index in [0.717, 1.165) is 11.0 Å². The lowest BCUT2D eigenvalue weighted by atomic mass is 9.73. The molecule has 1 rings (SSSR count). The predicted molar refractivity (Wildman–Crippen MR) is 52.3 cm³/mol. The fourth-order valence-electron chi connectivity index (χ4n) is 1.07. The Morgan fingerprint density at radius 2 is 1.92 bits per heavy atom. The van der Waals surface area contributed by atoms with Gasteiger partial charge in [0.25, 0.3) is 0 Å². The first kappa shape index (κ1) is 9.05. The molecule has 0 aliphatic carbocycles. The van der Waals surface area contributed by atoms with Gasteiger partial charge in [-0.1, -0.05) is 43.5 Å². The van der Waals surface area contributed by atoms with Gasteiger partial charge in [-0.15, -0.1) is 0 Å². The molecule has 0 saturated carbocycles. The molecular weight excluding hydrogens is 147 g/mol. The van der Waals surface area contributed by atoms with E-state index >= 15 is 0 Å². The third-order valence-corrected chi connectivity index (χ3v) is 1.89. The lowest BCUT2D eigenvalue weighted by molar-refractivity contribution is 0.0988. The summed E-state index contributed by atoms with van der Waals surface area (Å²) in [6.07, 6.45) is 0.579. The summed E-state index contributed by atoms with van der Waals surface area (Å²) >= 11 is 0. The van der Waals surface area contributed by atoms with Crippen LogP contribution in [0.4, 0.5) is 0 Å². The highest BCUT2D eigenvalue weighted by Gasteiger charge is 2.00. The van der Waals surface area contributed by atoms with Crippen molar-refractivity contribution in [2.75, 3.05) is 0 Å². The van der Waals surface area contributed by atoms with E-state index in [1.54, 1.807) is 0 Å². The van der Waals surface area contributed by atoms with Gasteiger partial charge >= 0.3 is 0 Å². The van der Waals surface area contributed by atoms with Crippen LogP contribution < -0.4 is 5.46 Å². The van der Waals surface area contributed by atoms with Gasteiger partial charge in [-0.25, -0.2) is 0 Å². The SMILES string of the molecule is C[B]c1ccc(C(=O)CC)cc1. The molecule has 1 radical (unpaired) electrons. The predicted octanol–water partition coefficient (Wildman–Crippen LogP) is 1.66. The Morgan fingerprint density at radius 3 is 2.33 bits per heavy atom. The Bertz CT molecular complexity index is 264. The first-order chi connectivity index (χ1) is 5.77. The van der Waals surface area contributed by atoms with Crippen molar-refractivity contribution in [3.63, 3.8) is 0 Å². The summed E-state index contributed by atoms with van der Waals surface area (Å²) in [5, 5.41) is 0. The molecule has 2 heteroatoms. The zero-order chi connectivity index (χ0) is 8.97. The molecule has 0 heterocycles. The van der Waals surface area contributed by atoms with Gasteiger partial charge < -0.3 is 0 Å². The van der Waals surface area contributed by atoms with Crippen molar-refractivity contribution in [2.24, 2.45) is 0 Å². The molecule has 1 nitrogen and oxygen atoms in total. The summed E-state index contributed by atoms with van der Waals surface area (Å²) in [5.74, 6) is 0.206. The summed E-state index contributed by atoms with van der Waals surface area (Å²) in [7, 11) is 2.01. The maximum atomic E-state index is 11.2. The fraction of sp³-hybridized carbons (Fsp3) is 0.300. The van der Waals surface area contributed by atoms with Gasteiger partial charge in [0, 0.05) is 12.0 Å². The lowest BCUT2D eigenvalue weighted by Gasteiger charge is -1.98. The van der Waals surface area contributed by atoms with E-state index in [1.165, 1.54) is 0 Å². The molecule has 0 aliphatic rings. The van der Waals surface area contributed by atoms with Crippen molar-refractivity contribution in [1.82, 2.24) is 0 Å². The van der Waals surface area contributed by atoms with Gasteiger partial charge in [0.05, 0.1) is 0 Å². The smallest absolute Gasteiger partial charge is 0.162 e. The molecule has 0 aliphatic heterocycles. The molecule has 0 aromatic heterocycles. The monoisotopic (exact) mass is 159 g/mol. The molecule has 0 N–H and O–H groups in total. The molecule has 0 spiro atoms. The Labute approximate surface area is 74.0 Å². The standard InChI is InChI=1S/C10H12BO/c1-3-10(12)8-4-6-9(11-2)7-5-8/h4-7H,3H2,1-2H3. The van der Waals surface area contributed by atoms with Crippen LogP contribution in [0, 0.1) is 0 Å². The van der Waals surface area contributed by atoms with Crippen LogP contribution in [0.3, 0.4) is 0 Å². The van der Waals surface area contributed by atoms with E-state index in [4.69, 9.17) is 0 Å². The number of hydrogen-bond donors (Lipinski definition) is 0. The van der Waals surface area contributed by atoms with Crippen LogP contribution in [-0.4, -0.2) is 13.1 Å². The third kappa shape index (κ3) is 1.97. The van der Waals surface area contributed by atoms with E-state index in [0.29, 0.717) is 6.42 Å². The summed E-state index contributed by atoms with van der Waals surface area (Å²) in [6, 6.07) is 7.67. The molecule has 0 fully saturated rings. The van der Waals surface area contributed by atoms with Crippen molar-refractivity contribution in [2.45, 2.75) is 20.2 Å². The zero-order valence-corrected chi connectivity index (χ0v) is 7.50. The van der Waals surface area contributed by atoms with Crippen LogP contribution in [-0.2, 0) is 0 Å². The first-order valence-corrected chi connectivity index (χ1v) is 4.20. The number of carbonyl (C=O) groups is 1. The van der Waals surface area contributed by atoms with Gasteiger partial charge in [0.2, 0.25) is 0 Å². The van der Waals surface area contributed by atoms with Crippen molar-refractivity contribution in [3.05, 3.63) is 29.8 Å². The van der Waals surface area contributed by atoms with Crippen LogP contribution in [0.15, 0.2) is 24.3 Å². The molecular formula is C10H12BO. The minimum Gasteiger partial charge on any atom is -0.294 e. The van der Waals surface area contributed by atoms with Crippen molar-refractivity contribution >= 4 is 18.5 Å². The zero-order valence-electron chi connectivity index (χ0n) is 7.50. The van der Waals surface area contributed by atoms with E-state index in [1.807, 2.05) is 45.3 Å². The van der Waals surface area contributed by atoms with Crippen molar-refractivity contribution < 1.29 is 4.79 Å². The van der Waals surface area contributed by atoms with Crippen molar-refractivity contribution in [1.29, 1.82) is 0 Å². The van der Waals surface area contributed by atoms with Gasteiger partial charge in [0.15, 0.2) is 5.78 Å². The molecule has 0 bridgehead atoms. The Kier molecular flexibility index (Phi) is 3.09. The van der Waals surface area contributed by atoms with Crippen LogP contribution in [0.2, 0.25) is 6.82 Å². The molecule has 1 aromatic rings. The third-order valence-electron chi connectivity index (χ3n) is 1.89. The average molecular weight is 159 g/mol. The number of carbonyl (C=O) groups excluding carboxylic acids is 1. The van der Waals surface area contributed by atoms with E-state index in [2.05, 4.69) is 0 Å². The number of Topliss-reactive ketones (excluding diaryl/α,β-unsaturated/α-hetero) is 1. The number of rotatable bonds is 3. The Morgan fingerprint density at radius 1 is 1.33 bits per heavy atom. The topological polar surface area (TPSA) is 17.1 Å². The van der Waals surface area contributed by atoms with Crippen molar-refractivity contribution in [3.8, 4) is 0 Å². The highest BCUT2D eigenvalue weighted by Crippen LogP contribution is 2.00. The van der Waals surface area contributed by atoms with E-state index in [9.17, 15) is 4.79 Å². The highest BCUT2D eigenvalue weighted by atomic mass is 16.1. The minimum atomic E-state index is 0.206. The second-order valence-corrected chi connectivity index (χ2v) is 2.69. The number of ketones is 1. The quantitative estimate of drug-likeness (QED) is 0.484. The first-order valence-electron chi connectivity index (χ1n) is 4.20. The summed E-state index contributed by atoms with van der Waals surface area (Å²) in [5.41, 5.74) is 1.96. The largest absolute Gasteiger partial charge is 0.294 e. The lowest BCUT2D eigenvalue weighted by Crippen LogP contribution is -2.10.